The minimum absolute atomic E-state index is 0.0604. The molecule has 0 radical (unpaired) electrons. The Kier molecular flexibility index (Phi) is 3.84. The van der Waals surface area contributed by atoms with Gasteiger partial charge in [-0.15, -0.1) is 12.3 Å². The van der Waals surface area contributed by atoms with E-state index in [1.165, 1.54) is 19.3 Å². The van der Waals surface area contributed by atoms with Crippen LogP contribution in [0.15, 0.2) is 0 Å². The Labute approximate surface area is 94.8 Å². The van der Waals surface area contributed by atoms with Crippen molar-refractivity contribution in [3.8, 4) is 12.3 Å². The third-order valence-electron chi connectivity index (χ3n) is 4.45. The third kappa shape index (κ3) is 2.98. The molecule has 0 aromatic carbocycles. The van der Waals surface area contributed by atoms with Crippen LogP contribution >= 0.6 is 0 Å². The summed E-state index contributed by atoms with van der Waals surface area (Å²) in [7, 11) is 0. The number of hydrogen-bond acceptors (Lipinski definition) is 1. The predicted octanol–water partition coefficient (Wildman–Crippen LogP) is 3.33. The van der Waals surface area contributed by atoms with Gasteiger partial charge >= 0.3 is 0 Å². The first-order valence-electron chi connectivity index (χ1n) is 6.16. The predicted molar refractivity (Wildman–Crippen MR) is 66.4 cm³/mol. The Morgan fingerprint density at radius 3 is 2.33 bits per heavy atom. The van der Waals surface area contributed by atoms with Crippen LogP contribution in [0, 0.1) is 23.7 Å². The van der Waals surface area contributed by atoms with E-state index in [-0.39, 0.29) is 5.54 Å². The quantitative estimate of drug-likeness (QED) is 0.706. The summed E-state index contributed by atoms with van der Waals surface area (Å²) in [6.45, 7) is 7.04. The second-order valence-corrected chi connectivity index (χ2v) is 5.86. The van der Waals surface area contributed by atoms with Crippen LogP contribution in [-0.4, -0.2) is 5.54 Å². The highest BCUT2D eigenvalue weighted by atomic mass is 14.7. The zero-order chi connectivity index (χ0) is 11.5. The Morgan fingerprint density at radius 1 is 1.40 bits per heavy atom. The van der Waals surface area contributed by atoms with Gasteiger partial charge in [-0.2, -0.15) is 0 Å². The van der Waals surface area contributed by atoms with Crippen LogP contribution in [-0.2, 0) is 0 Å². The van der Waals surface area contributed by atoms with E-state index in [0.29, 0.717) is 5.41 Å². The van der Waals surface area contributed by atoms with Gasteiger partial charge in [0.15, 0.2) is 0 Å². The zero-order valence-corrected chi connectivity index (χ0v) is 10.5. The van der Waals surface area contributed by atoms with Crippen molar-refractivity contribution in [2.24, 2.45) is 17.1 Å². The van der Waals surface area contributed by atoms with E-state index in [1.807, 2.05) is 0 Å². The average molecular weight is 207 g/mol. The molecule has 0 unspecified atom stereocenters. The topological polar surface area (TPSA) is 26.0 Å². The van der Waals surface area contributed by atoms with Gasteiger partial charge in [-0.3, -0.25) is 0 Å². The van der Waals surface area contributed by atoms with E-state index in [1.54, 1.807) is 0 Å². The maximum atomic E-state index is 6.27. The minimum Gasteiger partial charge on any atom is -0.324 e. The van der Waals surface area contributed by atoms with Crippen molar-refractivity contribution in [1.82, 2.24) is 0 Å². The summed E-state index contributed by atoms with van der Waals surface area (Å²) in [5.74, 6) is 3.55. The Morgan fingerprint density at radius 2 is 1.93 bits per heavy atom. The molecule has 0 heterocycles. The lowest BCUT2D eigenvalue weighted by Crippen LogP contribution is -2.45. The fourth-order valence-electron chi connectivity index (χ4n) is 2.64. The van der Waals surface area contributed by atoms with Gasteiger partial charge in [0.05, 0.1) is 0 Å². The summed E-state index contributed by atoms with van der Waals surface area (Å²) in [4.78, 5) is 0. The monoisotopic (exact) mass is 207 g/mol. The molecule has 1 saturated carbocycles. The molecule has 1 fully saturated rings. The van der Waals surface area contributed by atoms with Gasteiger partial charge in [0.2, 0.25) is 0 Å². The van der Waals surface area contributed by atoms with Crippen LogP contribution in [0.3, 0.4) is 0 Å². The smallest absolute Gasteiger partial charge is 0.0267 e. The number of nitrogens with two attached hydrogens (primary N) is 1. The van der Waals surface area contributed by atoms with E-state index in [0.717, 1.165) is 25.2 Å². The molecule has 2 N–H and O–H groups in total. The van der Waals surface area contributed by atoms with Crippen molar-refractivity contribution in [2.75, 3.05) is 0 Å². The Balaban J connectivity index is 2.53. The van der Waals surface area contributed by atoms with Crippen molar-refractivity contribution >= 4 is 0 Å². The SMILES string of the molecule is C#CCC1(N)CCC(C(C)(C)CC)CC1. The second-order valence-electron chi connectivity index (χ2n) is 5.86. The highest BCUT2D eigenvalue weighted by Gasteiger charge is 2.36. The van der Waals surface area contributed by atoms with Crippen molar-refractivity contribution in [2.45, 2.75) is 64.8 Å². The minimum atomic E-state index is -0.0604. The molecular weight excluding hydrogens is 182 g/mol. The standard InChI is InChI=1S/C14H25N/c1-5-9-14(15)10-7-12(8-11-14)13(3,4)6-2/h1,12H,6-11,15H2,2-4H3. The molecule has 0 aromatic heterocycles. The number of rotatable bonds is 3. The lowest BCUT2D eigenvalue weighted by molar-refractivity contribution is 0.117. The third-order valence-corrected chi connectivity index (χ3v) is 4.45. The molecule has 0 saturated heterocycles. The molecule has 0 amide bonds. The van der Waals surface area contributed by atoms with Crippen molar-refractivity contribution in [1.29, 1.82) is 0 Å². The molecule has 0 spiro atoms. The highest BCUT2D eigenvalue weighted by molar-refractivity contribution is 5.01. The number of terminal acetylenes is 1. The van der Waals surface area contributed by atoms with Crippen LogP contribution in [0.2, 0.25) is 0 Å². The van der Waals surface area contributed by atoms with Crippen LogP contribution in [0.5, 0.6) is 0 Å². The van der Waals surface area contributed by atoms with Crippen LogP contribution in [0.25, 0.3) is 0 Å². The molecule has 86 valence electrons. The van der Waals surface area contributed by atoms with Crippen LogP contribution in [0.1, 0.15) is 59.3 Å². The van der Waals surface area contributed by atoms with E-state index < -0.39 is 0 Å². The molecule has 15 heavy (non-hydrogen) atoms. The van der Waals surface area contributed by atoms with E-state index >= 15 is 0 Å². The lowest BCUT2D eigenvalue weighted by Gasteiger charge is -2.42. The Bertz CT molecular complexity index is 239. The first-order chi connectivity index (χ1) is 6.93. The van der Waals surface area contributed by atoms with Crippen LogP contribution in [0.4, 0.5) is 0 Å². The largest absolute Gasteiger partial charge is 0.324 e. The maximum absolute atomic E-state index is 6.27. The molecular formula is C14H25N. The molecule has 0 aromatic rings. The summed E-state index contributed by atoms with van der Waals surface area (Å²) in [5, 5.41) is 0. The molecule has 1 aliphatic carbocycles. The van der Waals surface area contributed by atoms with Gasteiger partial charge < -0.3 is 5.73 Å². The van der Waals surface area contributed by atoms with Crippen molar-refractivity contribution < 1.29 is 0 Å². The first kappa shape index (κ1) is 12.6. The molecule has 0 aliphatic heterocycles. The molecule has 1 heteroatoms. The Hall–Kier alpha value is -0.480. The van der Waals surface area contributed by atoms with Gasteiger partial charge in [-0.1, -0.05) is 27.2 Å². The van der Waals surface area contributed by atoms with E-state index in [4.69, 9.17) is 12.2 Å². The van der Waals surface area contributed by atoms with Crippen molar-refractivity contribution in [3.63, 3.8) is 0 Å². The summed E-state index contributed by atoms with van der Waals surface area (Å²) >= 11 is 0. The molecule has 0 atom stereocenters. The first-order valence-corrected chi connectivity index (χ1v) is 6.16. The number of hydrogen-bond donors (Lipinski definition) is 1. The van der Waals surface area contributed by atoms with Crippen LogP contribution < -0.4 is 5.73 Å². The zero-order valence-electron chi connectivity index (χ0n) is 10.5. The molecule has 0 bridgehead atoms. The fraction of sp³-hybridized carbons (Fsp3) is 0.857. The lowest BCUT2D eigenvalue weighted by atomic mass is 9.65. The molecule has 1 rings (SSSR count). The van der Waals surface area contributed by atoms with Gasteiger partial charge in [0.1, 0.15) is 0 Å². The summed E-state index contributed by atoms with van der Waals surface area (Å²) < 4.78 is 0. The van der Waals surface area contributed by atoms with Crippen molar-refractivity contribution in [3.05, 3.63) is 0 Å². The van der Waals surface area contributed by atoms with E-state index in [9.17, 15) is 0 Å². The normalized spacial score (nSPS) is 32.3. The summed E-state index contributed by atoms with van der Waals surface area (Å²) in [6.07, 6.45) is 12.1. The molecule has 1 nitrogen and oxygen atoms in total. The summed E-state index contributed by atoms with van der Waals surface area (Å²) in [5.41, 5.74) is 6.68. The fourth-order valence-corrected chi connectivity index (χ4v) is 2.64. The average Bonchev–Trinajstić information content (AvgIpc) is 2.18. The summed E-state index contributed by atoms with van der Waals surface area (Å²) in [6, 6.07) is 0. The highest BCUT2D eigenvalue weighted by Crippen LogP contribution is 2.43. The maximum Gasteiger partial charge on any atom is 0.0267 e. The van der Waals surface area contributed by atoms with Gasteiger partial charge in [-0.05, 0) is 37.0 Å². The second kappa shape index (κ2) is 4.58. The van der Waals surface area contributed by atoms with E-state index in [2.05, 4.69) is 26.7 Å². The van der Waals surface area contributed by atoms with Gasteiger partial charge in [0.25, 0.3) is 0 Å². The molecule has 1 aliphatic rings. The van der Waals surface area contributed by atoms with Gasteiger partial charge in [-0.25, -0.2) is 0 Å². The van der Waals surface area contributed by atoms with Gasteiger partial charge in [0, 0.05) is 12.0 Å².